The van der Waals surface area contributed by atoms with Crippen molar-refractivity contribution >= 4 is 43.1 Å². The van der Waals surface area contributed by atoms with Crippen LogP contribution in [0.2, 0.25) is 0 Å². The van der Waals surface area contributed by atoms with E-state index in [1.807, 2.05) is 36.8 Å². The van der Waals surface area contributed by atoms with Gasteiger partial charge in [0, 0.05) is 69.1 Å². The van der Waals surface area contributed by atoms with E-state index in [1.165, 1.54) is 60.0 Å². The second kappa shape index (κ2) is 27.0. The Bertz CT molecular complexity index is 5990. The summed E-state index contributed by atoms with van der Waals surface area (Å²) in [6.07, 6.45) is 7.55. The first-order chi connectivity index (χ1) is 49.5. The lowest BCUT2D eigenvalue weighted by Gasteiger charge is -2.12. The van der Waals surface area contributed by atoms with E-state index in [0.29, 0.717) is 11.6 Å². The number of hydrogen-bond acceptors (Lipinski definition) is 6. The number of benzene rings is 14. The normalized spacial score (nSPS) is 11.2. The van der Waals surface area contributed by atoms with Crippen LogP contribution in [0.25, 0.3) is 178 Å². The highest BCUT2D eigenvalue weighted by molar-refractivity contribution is 5.98. The smallest absolute Gasteiger partial charge is 0.160 e. The van der Waals surface area contributed by atoms with Crippen LogP contribution in [0.4, 0.5) is 0 Å². The van der Waals surface area contributed by atoms with Crippen molar-refractivity contribution in [2.24, 2.45) is 0 Å². The van der Waals surface area contributed by atoms with Crippen LogP contribution < -0.4 is 0 Å². The van der Waals surface area contributed by atoms with Crippen LogP contribution in [-0.2, 0) is 0 Å². The topological polar surface area (TPSA) is 77.3 Å². The van der Waals surface area contributed by atoms with Gasteiger partial charge in [0.25, 0.3) is 0 Å². The molecule has 0 saturated carbocycles. The molecule has 4 aromatic heterocycles. The second-order valence-corrected chi connectivity index (χ2v) is 25.1. The molecule has 0 unspecified atom stereocenters. The quantitative estimate of drug-likeness (QED) is 0.121. The lowest BCUT2D eigenvalue weighted by Crippen LogP contribution is -1.96. The number of nitrogens with zero attached hydrogens (tertiary/aromatic N) is 6. The van der Waals surface area contributed by atoms with Gasteiger partial charge in [0.05, 0.1) is 22.8 Å². The first-order valence-electron chi connectivity index (χ1n) is 33.7. The molecule has 0 aliphatic carbocycles. The molecule has 0 spiro atoms. The van der Waals surface area contributed by atoms with Crippen molar-refractivity contribution in [3.8, 4) is 135 Å². The van der Waals surface area contributed by atoms with Crippen LogP contribution in [0.5, 0.6) is 0 Å². The van der Waals surface area contributed by atoms with E-state index in [0.717, 1.165) is 106 Å². The van der Waals surface area contributed by atoms with Crippen molar-refractivity contribution < 1.29 is 0 Å². The number of hydrogen-bond donors (Lipinski definition) is 0. The molecule has 6 nitrogen and oxygen atoms in total. The van der Waals surface area contributed by atoms with E-state index in [1.54, 1.807) is 6.20 Å². The molecule has 14 aromatic carbocycles. The Balaban J connectivity index is 0.000000150. The van der Waals surface area contributed by atoms with Gasteiger partial charge in [-0.3, -0.25) is 9.97 Å². The van der Waals surface area contributed by atoms with Gasteiger partial charge in [-0.2, -0.15) is 0 Å². The van der Waals surface area contributed by atoms with Crippen LogP contribution in [-0.4, -0.2) is 29.9 Å². The van der Waals surface area contributed by atoms with Crippen LogP contribution in [0.1, 0.15) is 0 Å². The third-order valence-electron chi connectivity index (χ3n) is 18.8. The molecule has 0 atom stereocenters. The third-order valence-corrected chi connectivity index (χ3v) is 18.8. The molecule has 0 radical (unpaired) electrons. The zero-order valence-electron chi connectivity index (χ0n) is 54.5. The minimum atomic E-state index is 0.689. The number of fused-ring (bicyclic) bond motifs is 4. The van der Waals surface area contributed by atoms with Crippen LogP contribution in [0, 0.1) is 0 Å². The SMILES string of the molecule is c1ccc(-c2ccc(-c3cc(-c4ccc(-c5cncc6ccccc56)cc4)nc(-c4cccc(-c5ccc6ccccc6c5)c4)n3)cc2)cc1.c1cncc(-c2ccc(-c3cc(-c4cccc(-c5cccc6ccccc56)c4)nc(-c4ccc(-c5ccc6ccccc6c5)cc4)n3)cc2)c1. The van der Waals surface area contributed by atoms with Crippen LogP contribution in [0.3, 0.4) is 0 Å². The molecular weight excluding hydrogens is 1210 g/mol. The van der Waals surface area contributed by atoms with Crippen molar-refractivity contribution in [3.63, 3.8) is 0 Å². The summed E-state index contributed by atoms with van der Waals surface area (Å²) >= 11 is 0. The number of aromatic nitrogens is 6. The van der Waals surface area contributed by atoms with E-state index in [4.69, 9.17) is 19.9 Å². The first kappa shape index (κ1) is 60.3. The van der Waals surface area contributed by atoms with Gasteiger partial charge < -0.3 is 0 Å². The van der Waals surface area contributed by atoms with Gasteiger partial charge in [-0.1, -0.05) is 309 Å². The fraction of sp³-hybridized carbons (Fsp3) is 0. The van der Waals surface area contributed by atoms with Crippen molar-refractivity contribution in [1.29, 1.82) is 0 Å². The Morgan fingerprint density at radius 1 is 0.160 bits per heavy atom. The summed E-state index contributed by atoms with van der Waals surface area (Å²) in [4.78, 5) is 29.5. The van der Waals surface area contributed by atoms with Crippen molar-refractivity contribution in [1.82, 2.24) is 29.9 Å². The summed E-state index contributed by atoms with van der Waals surface area (Å²) in [6.45, 7) is 0. The zero-order valence-corrected chi connectivity index (χ0v) is 54.5. The van der Waals surface area contributed by atoms with E-state index < -0.39 is 0 Å². The Labute approximate surface area is 580 Å². The summed E-state index contributed by atoms with van der Waals surface area (Å²) < 4.78 is 0. The molecule has 0 saturated heterocycles. The monoisotopic (exact) mass is 1270 g/mol. The molecule has 0 aliphatic rings. The summed E-state index contributed by atoms with van der Waals surface area (Å²) in [7, 11) is 0. The van der Waals surface area contributed by atoms with Crippen LogP contribution in [0.15, 0.2) is 377 Å². The van der Waals surface area contributed by atoms with E-state index in [2.05, 4.69) is 344 Å². The number of rotatable bonds is 12. The lowest BCUT2D eigenvalue weighted by atomic mass is 9.96. The highest BCUT2D eigenvalue weighted by Gasteiger charge is 2.17. The first-order valence-corrected chi connectivity index (χ1v) is 33.7. The maximum absolute atomic E-state index is 5.19. The Kier molecular flexibility index (Phi) is 16.3. The molecule has 468 valence electrons. The molecule has 0 N–H and O–H groups in total. The fourth-order valence-corrected chi connectivity index (χ4v) is 13.5. The van der Waals surface area contributed by atoms with Gasteiger partial charge >= 0.3 is 0 Å². The third kappa shape index (κ3) is 12.6. The van der Waals surface area contributed by atoms with Crippen molar-refractivity contribution in [2.45, 2.75) is 0 Å². The van der Waals surface area contributed by atoms with E-state index in [-0.39, 0.29) is 0 Å². The zero-order chi connectivity index (χ0) is 66.6. The van der Waals surface area contributed by atoms with Gasteiger partial charge in [-0.15, -0.1) is 0 Å². The predicted molar refractivity (Wildman–Crippen MR) is 415 cm³/mol. The average Bonchev–Trinajstić information content (AvgIpc) is 0.797. The molecule has 0 aliphatic heterocycles. The van der Waals surface area contributed by atoms with Crippen molar-refractivity contribution in [3.05, 3.63) is 377 Å². The van der Waals surface area contributed by atoms with Crippen molar-refractivity contribution in [2.75, 3.05) is 0 Å². The summed E-state index contributed by atoms with van der Waals surface area (Å²) in [5, 5.41) is 9.70. The van der Waals surface area contributed by atoms with Gasteiger partial charge in [0.2, 0.25) is 0 Å². The molecule has 100 heavy (non-hydrogen) atoms. The van der Waals surface area contributed by atoms with Gasteiger partial charge in [0.1, 0.15) is 0 Å². The van der Waals surface area contributed by atoms with Gasteiger partial charge in [-0.25, -0.2) is 19.9 Å². The minimum absolute atomic E-state index is 0.689. The lowest BCUT2D eigenvalue weighted by molar-refractivity contribution is 1.18. The molecule has 6 heteroatoms. The second-order valence-electron chi connectivity index (χ2n) is 25.1. The van der Waals surface area contributed by atoms with Gasteiger partial charge in [0.15, 0.2) is 11.6 Å². The van der Waals surface area contributed by atoms with E-state index in [9.17, 15) is 0 Å². The Morgan fingerprint density at radius 3 is 1.15 bits per heavy atom. The summed E-state index contributed by atoms with van der Waals surface area (Å²) in [5.74, 6) is 1.38. The molecule has 0 fully saturated rings. The number of pyridine rings is 2. The molecule has 0 bridgehead atoms. The standard InChI is InChI=1S/2C47H31N3/c1-2-10-38-28-39(26-21-32(38)8-1)33-19-24-37(25-20-33)47-49-45(36-22-17-34(18-23-36)42-14-7-27-48-31-42)30-46(50-47)41-13-5-12-40(29-41)44-16-6-11-35-9-3-4-15-43(35)44;1-2-9-32(10-3-1)34-17-22-36(23-18-34)45-29-46(37-24-20-35(21-25-37)44-31-48-30-42-13-6-7-16-43(42)44)50-47(49-45)41-15-8-14-39(28-41)40-26-19-33-11-4-5-12-38(33)27-40/h2*1-31H. The molecule has 18 aromatic rings. The maximum Gasteiger partial charge on any atom is 0.160 e. The van der Waals surface area contributed by atoms with E-state index >= 15 is 0 Å². The summed E-state index contributed by atoms with van der Waals surface area (Å²) in [5.41, 5.74) is 23.4. The predicted octanol–water partition coefficient (Wildman–Crippen LogP) is 24.4. The highest BCUT2D eigenvalue weighted by Crippen LogP contribution is 2.38. The summed E-state index contributed by atoms with van der Waals surface area (Å²) in [6, 6.07) is 124. The highest BCUT2D eigenvalue weighted by atomic mass is 14.9. The average molecular weight is 1280 g/mol. The van der Waals surface area contributed by atoms with Gasteiger partial charge in [-0.05, 0) is 141 Å². The maximum atomic E-state index is 5.19. The Hall–Kier alpha value is -13.4. The molecule has 0 amide bonds. The van der Waals surface area contributed by atoms with Crippen LogP contribution >= 0.6 is 0 Å². The molecule has 4 heterocycles. The largest absolute Gasteiger partial charge is 0.264 e. The molecular formula is C94H62N6. The Morgan fingerprint density at radius 2 is 0.540 bits per heavy atom. The molecule has 18 rings (SSSR count). The fourth-order valence-electron chi connectivity index (χ4n) is 13.5. The minimum Gasteiger partial charge on any atom is -0.264 e.